The molecule has 0 amide bonds. The third kappa shape index (κ3) is 2.85. The van der Waals surface area contributed by atoms with E-state index in [1.165, 1.54) is 11.3 Å². The number of aryl methyl sites for hydroxylation is 1. The standard InChI is InChI=1S/C10H13NO4S2/c1-6-2-3-9(16-6)7-4-17(14,15)5-8(11-7)10(12)13/h2-3,7-8,11H,4-5H2,1H3,(H,12,13). The van der Waals surface area contributed by atoms with Gasteiger partial charge in [0.2, 0.25) is 0 Å². The van der Waals surface area contributed by atoms with Crippen LogP contribution in [0.25, 0.3) is 0 Å². The number of carboxylic acids is 1. The Morgan fingerprint density at radius 2 is 2.18 bits per heavy atom. The smallest absolute Gasteiger partial charge is 0.321 e. The van der Waals surface area contributed by atoms with E-state index in [9.17, 15) is 13.2 Å². The van der Waals surface area contributed by atoms with Gasteiger partial charge in [0.15, 0.2) is 9.84 Å². The average molecular weight is 275 g/mol. The SMILES string of the molecule is Cc1ccc(C2CS(=O)(=O)CC(C(=O)O)N2)s1. The molecule has 0 bridgehead atoms. The Labute approximate surface area is 103 Å². The van der Waals surface area contributed by atoms with Gasteiger partial charge in [0.05, 0.1) is 17.5 Å². The molecule has 0 saturated carbocycles. The Kier molecular flexibility index (Phi) is 3.24. The van der Waals surface area contributed by atoms with Crippen LogP contribution in [0.4, 0.5) is 0 Å². The molecule has 1 aromatic rings. The molecule has 1 aromatic heterocycles. The van der Waals surface area contributed by atoms with Crippen molar-refractivity contribution in [1.29, 1.82) is 0 Å². The Morgan fingerprint density at radius 1 is 1.47 bits per heavy atom. The van der Waals surface area contributed by atoms with Crippen molar-refractivity contribution >= 4 is 27.1 Å². The van der Waals surface area contributed by atoms with Crippen LogP contribution in [-0.2, 0) is 14.6 Å². The Balaban J connectivity index is 2.27. The molecule has 1 saturated heterocycles. The molecule has 5 nitrogen and oxygen atoms in total. The molecule has 1 fully saturated rings. The predicted molar refractivity (Wildman–Crippen MR) is 65.0 cm³/mol. The molecule has 2 heterocycles. The number of rotatable bonds is 2. The van der Waals surface area contributed by atoms with E-state index in [0.29, 0.717) is 0 Å². The highest BCUT2D eigenvalue weighted by molar-refractivity contribution is 7.91. The maximum atomic E-state index is 11.7. The van der Waals surface area contributed by atoms with Gasteiger partial charge in [0, 0.05) is 9.75 Å². The highest BCUT2D eigenvalue weighted by atomic mass is 32.2. The molecule has 17 heavy (non-hydrogen) atoms. The lowest BCUT2D eigenvalue weighted by Gasteiger charge is -2.27. The van der Waals surface area contributed by atoms with E-state index in [-0.39, 0.29) is 11.5 Å². The summed E-state index contributed by atoms with van der Waals surface area (Å²) in [6.45, 7) is 1.93. The molecule has 0 spiro atoms. The first kappa shape index (κ1) is 12.5. The number of sulfone groups is 1. The molecule has 7 heteroatoms. The van der Waals surface area contributed by atoms with Crippen molar-refractivity contribution < 1.29 is 18.3 Å². The topological polar surface area (TPSA) is 83.5 Å². The van der Waals surface area contributed by atoms with E-state index in [1.54, 1.807) is 0 Å². The minimum atomic E-state index is -3.30. The van der Waals surface area contributed by atoms with Gasteiger partial charge in [-0.1, -0.05) is 0 Å². The highest BCUT2D eigenvalue weighted by Crippen LogP contribution is 2.27. The van der Waals surface area contributed by atoms with Gasteiger partial charge in [-0.2, -0.15) is 0 Å². The first-order chi connectivity index (χ1) is 7.87. The normalized spacial score (nSPS) is 27.8. The molecule has 2 rings (SSSR count). The van der Waals surface area contributed by atoms with Crippen LogP contribution < -0.4 is 5.32 Å². The van der Waals surface area contributed by atoms with Crippen molar-refractivity contribution in [2.24, 2.45) is 0 Å². The van der Waals surface area contributed by atoms with Gasteiger partial charge in [-0.3, -0.25) is 10.1 Å². The van der Waals surface area contributed by atoms with Crippen LogP contribution in [0.5, 0.6) is 0 Å². The van der Waals surface area contributed by atoms with Gasteiger partial charge >= 0.3 is 5.97 Å². The molecular weight excluding hydrogens is 262 g/mol. The number of hydrogen-bond donors (Lipinski definition) is 2. The van der Waals surface area contributed by atoms with Crippen LogP contribution >= 0.6 is 11.3 Å². The van der Waals surface area contributed by atoms with E-state index in [1.807, 2.05) is 19.1 Å². The Morgan fingerprint density at radius 3 is 2.71 bits per heavy atom. The lowest BCUT2D eigenvalue weighted by molar-refractivity contribution is -0.139. The summed E-state index contributed by atoms with van der Waals surface area (Å²) in [5, 5.41) is 11.8. The van der Waals surface area contributed by atoms with E-state index >= 15 is 0 Å². The zero-order valence-electron chi connectivity index (χ0n) is 9.21. The number of carbonyl (C=O) groups is 1. The Bertz CT molecular complexity index is 534. The summed E-state index contributed by atoms with van der Waals surface area (Å²) in [6, 6.07) is 2.32. The van der Waals surface area contributed by atoms with Crippen molar-refractivity contribution in [2.45, 2.75) is 19.0 Å². The highest BCUT2D eigenvalue weighted by Gasteiger charge is 2.36. The van der Waals surface area contributed by atoms with Gasteiger partial charge in [-0.05, 0) is 19.1 Å². The maximum Gasteiger partial charge on any atom is 0.321 e. The van der Waals surface area contributed by atoms with Crippen LogP contribution in [0.3, 0.4) is 0 Å². The van der Waals surface area contributed by atoms with Gasteiger partial charge in [0.1, 0.15) is 6.04 Å². The molecular formula is C10H13NO4S2. The van der Waals surface area contributed by atoms with Crippen LogP contribution in [0.2, 0.25) is 0 Å². The number of nitrogens with one attached hydrogen (secondary N) is 1. The van der Waals surface area contributed by atoms with Gasteiger partial charge in [-0.25, -0.2) is 8.42 Å². The fourth-order valence-electron chi connectivity index (χ4n) is 1.86. The summed E-state index contributed by atoms with van der Waals surface area (Å²) in [6.07, 6.45) is 0. The first-order valence-corrected chi connectivity index (χ1v) is 7.77. The third-order valence-electron chi connectivity index (χ3n) is 2.65. The second kappa shape index (κ2) is 4.40. The minimum Gasteiger partial charge on any atom is -0.480 e. The molecule has 0 aromatic carbocycles. The average Bonchev–Trinajstić information content (AvgIpc) is 2.62. The van der Waals surface area contributed by atoms with Gasteiger partial charge in [-0.15, -0.1) is 11.3 Å². The molecule has 2 unspecified atom stereocenters. The largest absolute Gasteiger partial charge is 0.480 e. The number of aliphatic carboxylic acids is 1. The quantitative estimate of drug-likeness (QED) is 0.824. The summed E-state index contributed by atoms with van der Waals surface area (Å²) in [4.78, 5) is 12.9. The fraction of sp³-hybridized carbons (Fsp3) is 0.500. The molecule has 0 radical (unpaired) electrons. The second-order valence-corrected chi connectivity index (χ2v) is 7.61. The van der Waals surface area contributed by atoms with Crippen LogP contribution in [-0.4, -0.2) is 37.0 Å². The van der Waals surface area contributed by atoms with E-state index in [2.05, 4.69) is 5.32 Å². The van der Waals surface area contributed by atoms with Crippen molar-refractivity contribution in [1.82, 2.24) is 5.32 Å². The van der Waals surface area contributed by atoms with Crippen molar-refractivity contribution in [3.63, 3.8) is 0 Å². The number of carboxylic acid groups (broad SMARTS) is 1. The lowest BCUT2D eigenvalue weighted by atomic mass is 10.2. The number of thiophene rings is 1. The predicted octanol–water partition coefficient (Wildman–Crippen LogP) is 0.569. The summed E-state index contributed by atoms with van der Waals surface area (Å²) in [7, 11) is -3.30. The molecule has 0 aliphatic carbocycles. The molecule has 2 N–H and O–H groups in total. The summed E-state index contributed by atoms with van der Waals surface area (Å²) >= 11 is 1.49. The third-order valence-corrected chi connectivity index (χ3v) is 5.44. The van der Waals surface area contributed by atoms with E-state index < -0.39 is 27.9 Å². The number of hydrogen-bond acceptors (Lipinski definition) is 5. The van der Waals surface area contributed by atoms with Gasteiger partial charge < -0.3 is 5.11 Å². The lowest BCUT2D eigenvalue weighted by Crippen LogP contribution is -2.50. The van der Waals surface area contributed by atoms with Gasteiger partial charge in [0.25, 0.3) is 0 Å². The van der Waals surface area contributed by atoms with Crippen molar-refractivity contribution in [3.05, 3.63) is 21.9 Å². The van der Waals surface area contributed by atoms with Crippen molar-refractivity contribution in [2.75, 3.05) is 11.5 Å². The van der Waals surface area contributed by atoms with Crippen LogP contribution in [0.1, 0.15) is 15.8 Å². The zero-order chi connectivity index (χ0) is 12.6. The molecule has 2 atom stereocenters. The molecule has 1 aliphatic rings. The minimum absolute atomic E-state index is 0.0310. The summed E-state index contributed by atoms with van der Waals surface area (Å²) < 4.78 is 23.3. The molecule has 1 aliphatic heterocycles. The van der Waals surface area contributed by atoms with Crippen LogP contribution in [0, 0.1) is 6.92 Å². The monoisotopic (exact) mass is 275 g/mol. The van der Waals surface area contributed by atoms with E-state index in [0.717, 1.165) is 9.75 Å². The van der Waals surface area contributed by atoms with E-state index in [4.69, 9.17) is 5.11 Å². The Hall–Kier alpha value is -0.920. The second-order valence-electron chi connectivity index (χ2n) is 4.14. The van der Waals surface area contributed by atoms with Crippen LogP contribution in [0.15, 0.2) is 12.1 Å². The summed E-state index contributed by atoms with van der Waals surface area (Å²) in [5.41, 5.74) is 0. The van der Waals surface area contributed by atoms with Crippen molar-refractivity contribution in [3.8, 4) is 0 Å². The first-order valence-electron chi connectivity index (χ1n) is 5.13. The molecule has 94 valence electrons. The zero-order valence-corrected chi connectivity index (χ0v) is 10.8. The summed E-state index contributed by atoms with van der Waals surface area (Å²) in [5.74, 6) is -1.48. The maximum absolute atomic E-state index is 11.7. The fourth-order valence-corrected chi connectivity index (χ4v) is 4.57.